The largest absolute Gasteiger partial charge is 0.375 e. The second-order valence-corrected chi connectivity index (χ2v) is 4.44. The van der Waals surface area contributed by atoms with Crippen LogP contribution >= 0.6 is 0 Å². The van der Waals surface area contributed by atoms with E-state index in [0.717, 1.165) is 18.7 Å². The molecule has 0 bridgehead atoms. The summed E-state index contributed by atoms with van der Waals surface area (Å²) in [5.74, 6) is 0.649. The third-order valence-corrected chi connectivity index (χ3v) is 2.83. The minimum absolute atomic E-state index is 0.576. The first-order valence-electron chi connectivity index (χ1n) is 6.94. The lowest BCUT2D eigenvalue weighted by molar-refractivity contribution is 0.114. The molecule has 0 radical (unpaired) electrons. The van der Waals surface area contributed by atoms with Crippen molar-refractivity contribution in [1.29, 1.82) is 0 Å². The van der Waals surface area contributed by atoms with Crippen LogP contribution in [0.2, 0.25) is 0 Å². The molecule has 0 amide bonds. The molecule has 18 heavy (non-hydrogen) atoms. The highest BCUT2D eigenvalue weighted by Gasteiger charge is 1.97. The maximum Gasteiger partial charge on any atom is 0.222 e. The van der Waals surface area contributed by atoms with E-state index in [-0.39, 0.29) is 0 Å². The normalized spacial score (nSPS) is 10.6. The topological polar surface area (TPSA) is 47.0 Å². The Kier molecular flexibility index (Phi) is 8.13. The van der Waals surface area contributed by atoms with E-state index >= 15 is 0 Å². The van der Waals surface area contributed by atoms with E-state index in [0.29, 0.717) is 12.6 Å². The van der Waals surface area contributed by atoms with Gasteiger partial charge in [0, 0.05) is 19.9 Å². The van der Waals surface area contributed by atoms with E-state index in [1.54, 1.807) is 6.20 Å². The zero-order valence-corrected chi connectivity index (χ0v) is 11.6. The van der Waals surface area contributed by atoms with E-state index in [1.807, 2.05) is 13.1 Å². The summed E-state index contributed by atoms with van der Waals surface area (Å²) in [5, 5.41) is 2.92. The summed E-state index contributed by atoms with van der Waals surface area (Å²) < 4.78 is 5.61. The van der Waals surface area contributed by atoms with E-state index < -0.39 is 0 Å². The van der Waals surface area contributed by atoms with Crippen molar-refractivity contribution in [3.05, 3.63) is 18.0 Å². The number of unbranched alkanes of at least 4 members (excludes halogenated alkanes) is 5. The van der Waals surface area contributed by atoms with Crippen LogP contribution in [-0.4, -0.2) is 23.6 Å². The van der Waals surface area contributed by atoms with Crippen LogP contribution in [0, 0.1) is 0 Å². The van der Waals surface area contributed by atoms with E-state index in [4.69, 9.17) is 4.74 Å². The molecule has 0 atom stereocenters. The quantitative estimate of drug-likeness (QED) is 0.647. The Labute approximate surface area is 110 Å². The Morgan fingerprint density at radius 2 is 1.94 bits per heavy atom. The van der Waals surface area contributed by atoms with Crippen LogP contribution in [0.25, 0.3) is 0 Å². The van der Waals surface area contributed by atoms with Crippen LogP contribution in [0.3, 0.4) is 0 Å². The van der Waals surface area contributed by atoms with Crippen molar-refractivity contribution in [1.82, 2.24) is 9.97 Å². The van der Waals surface area contributed by atoms with Crippen molar-refractivity contribution in [2.75, 3.05) is 19.0 Å². The van der Waals surface area contributed by atoms with Gasteiger partial charge in [0.05, 0.1) is 12.3 Å². The van der Waals surface area contributed by atoms with Gasteiger partial charge >= 0.3 is 0 Å². The van der Waals surface area contributed by atoms with Gasteiger partial charge in [-0.05, 0) is 12.5 Å². The van der Waals surface area contributed by atoms with E-state index in [1.165, 1.54) is 32.1 Å². The molecular weight excluding hydrogens is 226 g/mol. The van der Waals surface area contributed by atoms with Gasteiger partial charge < -0.3 is 10.1 Å². The Hall–Kier alpha value is -1.16. The molecule has 4 nitrogen and oxygen atoms in total. The van der Waals surface area contributed by atoms with Gasteiger partial charge in [0.1, 0.15) is 0 Å². The number of nitrogens with zero attached hydrogens (tertiary/aromatic N) is 2. The number of aromatic nitrogens is 2. The number of hydrogen-bond donors (Lipinski definition) is 1. The summed E-state index contributed by atoms with van der Waals surface area (Å²) in [5.41, 5.74) is 0.931. The highest BCUT2D eigenvalue weighted by atomic mass is 16.5. The molecule has 0 aliphatic carbocycles. The number of anilines is 1. The lowest BCUT2D eigenvalue weighted by Gasteiger charge is -2.05. The predicted octanol–water partition coefficient (Wildman–Crippen LogP) is 3.40. The van der Waals surface area contributed by atoms with Gasteiger partial charge in [-0.2, -0.15) is 0 Å². The summed E-state index contributed by atoms with van der Waals surface area (Å²) in [6.07, 6.45) is 9.51. The fourth-order valence-corrected chi connectivity index (χ4v) is 1.76. The summed E-state index contributed by atoms with van der Waals surface area (Å²) in [4.78, 5) is 8.37. The molecule has 0 saturated heterocycles. The molecule has 102 valence electrons. The van der Waals surface area contributed by atoms with Crippen LogP contribution in [0.5, 0.6) is 0 Å². The molecule has 0 spiro atoms. The molecule has 1 N–H and O–H groups in total. The number of ether oxygens (including phenoxy) is 1. The van der Waals surface area contributed by atoms with Gasteiger partial charge in [-0.1, -0.05) is 39.0 Å². The first-order valence-corrected chi connectivity index (χ1v) is 6.94. The van der Waals surface area contributed by atoms with Crippen molar-refractivity contribution < 1.29 is 4.74 Å². The molecule has 1 heterocycles. The smallest absolute Gasteiger partial charge is 0.222 e. The average molecular weight is 251 g/mol. The third kappa shape index (κ3) is 6.55. The maximum atomic E-state index is 5.61. The van der Waals surface area contributed by atoms with Crippen LogP contribution in [-0.2, 0) is 11.3 Å². The number of nitrogens with one attached hydrogen (secondary N) is 1. The molecule has 0 unspecified atom stereocenters. The highest BCUT2D eigenvalue weighted by molar-refractivity contribution is 5.23. The van der Waals surface area contributed by atoms with Crippen molar-refractivity contribution in [3.8, 4) is 0 Å². The zero-order chi connectivity index (χ0) is 13.1. The first kappa shape index (κ1) is 14.9. The number of hydrogen-bond acceptors (Lipinski definition) is 4. The van der Waals surface area contributed by atoms with Gasteiger partial charge in [-0.3, -0.25) is 0 Å². The Bertz CT molecular complexity index is 318. The molecular formula is C14H25N3O. The molecule has 0 saturated carbocycles. The minimum atomic E-state index is 0.576. The molecule has 1 rings (SSSR count). The maximum absolute atomic E-state index is 5.61. The summed E-state index contributed by atoms with van der Waals surface area (Å²) in [6, 6.07) is 1.89. The summed E-state index contributed by atoms with van der Waals surface area (Å²) in [6.45, 7) is 3.64. The summed E-state index contributed by atoms with van der Waals surface area (Å²) in [7, 11) is 1.82. The lowest BCUT2D eigenvalue weighted by Crippen LogP contribution is -2.02. The molecule has 0 fully saturated rings. The third-order valence-electron chi connectivity index (χ3n) is 2.83. The van der Waals surface area contributed by atoms with Crippen LogP contribution in [0.4, 0.5) is 5.95 Å². The van der Waals surface area contributed by atoms with Crippen molar-refractivity contribution >= 4 is 5.95 Å². The first-order chi connectivity index (χ1) is 8.86. The van der Waals surface area contributed by atoms with Crippen LogP contribution in [0.15, 0.2) is 12.3 Å². The Morgan fingerprint density at radius 1 is 1.17 bits per heavy atom. The van der Waals surface area contributed by atoms with Gasteiger partial charge in [-0.15, -0.1) is 0 Å². The molecule has 1 aromatic rings. The van der Waals surface area contributed by atoms with Gasteiger partial charge in [-0.25, -0.2) is 9.97 Å². The molecule has 1 aromatic heterocycles. The second-order valence-electron chi connectivity index (χ2n) is 4.44. The number of rotatable bonds is 10. The fraction of sp³-hybridized carbons (Fsp3) is 0.714. The van der Waals surface area contributed by atoms with Crippen molar-refractivity contribution in [2.24, 2.45) is 0 Å². The predicted molar refractivity (Wildman–Crippen MR) is 74.6 cm³/mol. The SMILES string of the molecule is CCCCCCCCOCc1ccnc(NC)n1. The van der Waals surface area contributed by atoms with Gasteiger partial charge in [0.2, 0.25) is 5.95 Å². The Morgan fingerprint density at radius 3 is 2.72 bits per heavy atom. The lowest BCUT2D eigenvalue weighted by atomic mass is 10.1. The van der Waals surface area contributed by atoms with E-state index in [9.17, 15) is 0 Å². The standard InChI is InChI=1S/C14H25N3O/c1-3-4-5-6-7-8-11-18-12-13-9-10-16-14(15-2)17-13/h9-10H,3-8,11-12H2,1-2H3,(H,15,16,17). The van der Waals surface area contributed by atoms with Crippen LogP contribution in [0.1, 0.15) is 51.1 Å². The molecule has 0 aliphatic rings. The average Bonchev–Trinajstić information content (AvgIpc) is 2.42. The van der Waals surface area contributed by atoms with E-state index in [2.05, 4.69) is 22.2 Å². The zero-order valence-electron chi connectivity index (χ0n) is 11.6. The molecule has 0 aromatic carbocycles. The van der Waals surface area contributed by atoms with Crippen molar-refractivity contribution in [3.63, 3.8) is 0 Å². The van der Waals surface area contributed by atoms with Crippen molar-refractivity contribution in [2.45, 2.75) is 52.1 Å². The van der Waals surface area contributed by atoms with Crippen LogP contribution < -0.4 is 5.32 Å². The highest BCUT2D eigenvalue weighted by Crippen LogP contribution is 2.06. The van der Waals surface area contributed by atoms with Gasteiger partial charge in [0.25, 0.3) is 0 Å². The summed E-state index contributed by atoms with van der Waals surface area (Å²) >= 11 is 0. The Balaban J connectivity index is 2.03. The molecule has 0 aliphatic heterocycles. The minimum Gasteiger partial charge on any atom is -0.375 e. The second kappa shape index (κ2) is 9.83. The fourth-order valence-electron chi connectivity index (χ4n) is 1.76. The van der Waals surface area contributed by atoms with Gasteiger partial charge in [0.15, 0.2) is 0 Å². The molecule has 4 heteroatoms. The monoisotopic (exact) mass is 251 g/mol.